The third-order valence-electron chi connectivity index (χ3n) is 9.10. The van der Waals surface area contributed by atoms with E-state index in [1.165, 1.54) is 18.6 Å². The van der Waals surface area contributed by atoms with Gasteiger partial charge in [-0.15, -0.1) is 0 Å². The normalized spacial score (nSPS) is 25.5. The molecule has 2 aliphatic carbocycles. The molecule has 3 unspecified atom stereocenters. The van der Waals surface area contributed by atoms with Crippen LogP contribution in [-0.2, 0) is 9.59 Å². The number of carbonyl (C=O) groups excluding carboxylic acids is 3. The van der Waals surface area contributed by atoms with E-state index in [0.29, 0.717) is 35.3 Å². The average molecular weight is 574 g/mol. The van der Waals surface area contributed by atoms with Crippen LogP contribution in [0.5, 0.6) is 0 Å². The van der Waals surface area contributed by atoms with Gasteiger partial charge in [-0.25, -0.2) is 0 Å². The highest BCUT2D eigenvalue weighted by atomic mass is 16.3. The van der Waals surface area contributed by atoms with E-state index in [0.717, 1.165) is 47.9 Å². The molecule has 2 amide bonds. The summed E-state index contributed by atoms with van der Waals surface area (Å²) in [4.78, 5) is 43.8. The lowest BCUT2D eigenvalue weighted by atomic mass is 9.79. The number of aromatic nitrogens is 1. The summed E-state index contributed by atoms with van der Waals surface area (Å²) in [6.45, 7) is 1.65. The SMILES string of the molecule is CN(C)c1cccnc1C1CN([C@H]2C[C@H](CNc3ccc4c(c3)C(O)N(C(CCC=O)C(N)=O)C4=O)C2)N=C1C1CC1. The van der Waals surface area contributed by atoms with Crippen LogP contribution in [0.25, 0.3) is 0 Å². The largest absolute Gasteiger partial charge is 0.385 e. The lowest BCUT2D eigenvalue weighted by Crippen LogP contribution is -2.46. The van der Waals surface area contributed by atoms with Crippen LogP contribution in [0.2, 0.25) is 0 Å². The minimum atomic E-state index is -1.29. The van der Waals surface area contributed by atoms with Crippen molar-refractivity contribution in [2.75, 3.05) is 37.4 Å². The summed E-state index contributed by atoms with van der Waals surface area (Å²) in [6, 6.07) is 8.74. The van der Waals surface area contributed by atoms with Crippen molar-refractivity contribution in [2.45, 2.75) is 62.8 Å². The first kappa shape index (κ1) is 28.1. The summed E-state index contributed by atoms with van der Waals surface area (Å²) in [5.41, 5.74) is 10.6. The lowest BCUT2D eigenvalue weighted by molar-refractivity contribution is -0.126. The number of hydrogen-bond donors (Lipinski definition) is 3. The summed E-state index contributed by atoms with van der Waals surface area (Å²) < 4.78 is 0. The fraction of sp³-hybridized carbons (Fsp3) is 0.516. The van der Waals surface area contributed by atoms with Gasteiger partial charge >= 0.3 is 0 Å². The Balaban J connectivity index is 1.06. The minimum Gasteiger partial charge on any atom is -0.385 e. The highest BCUT2D eigenvalue weighted by Gasteiger charge is 2.45. The van der Waals surface area contributed by atoms with Crippen LogP contribution >= 0.6 is 0 Å². The van der Waals surface area contributed by atoms with Crippen molar-refractivity contribution >= 4 is 35.2 Å². The number of aliphatic hydroxyl groups excluding tert-OH is 1. The number of hydrazone groups is 1. The minimum absolute atomic E-state index is 0.0706. The molecule has 0 spiro atoms. The lowest BCUT2D eigenvalue weighted by Gasteiger charge is -2.40. The van der Waals surface area contributed by atoms with Crippen molar-refractivity contribution in [3.63, 3.8) is 0 Å². The van der Waals surface area contributed by atoms with Gasteiger partial charge in [0.2, 0.25) is 5.91 Å². The summed E-state index contributed by atoms with van der Waals surface area (Å²) in [5.74, 6) is 0.0986. The first-order valence-corrected chi connectivity index (χ1v) is 14.9. The number of nitrogens with zero attached hydrogens (tertiary/aromatic N) is 5. The maximum atomic E-state index is 13.0. The summed E-state index contributed by atoms with van der Waals surface area (Å²) in [5, 5.41) is 21.8. The van der Waals surface area contributed by atoms with Gasteiger partial charge in [-0.05, 0) is 74.3 Å². The topological polar surface area (TPSA) is 144 Å². The van der Waals surface area contributed by atoms with Crippen molar-refractivity contribution in [1.29, 1.82) is 0 Å². The predicted molar refractivity (Wildman–Crippen MR) is 159 cm³/mol. The van der Waals surface area contributed by atoms with Gasteiger partial charge in [0.25, 0.3) is 5.91 Å². The predicted octanol–water partition coefficient (Wildman–Crippen LogP) is 2.48. The third-order valence-corrected chi connectivity index (χ3v) is 9.10. The Morgan fingerprint density at radius 2 is 2.05 bits per heavy atom. The molecular weight excluding hydrogens is 534 g/mol. The number of pyridine rings is 1. The fourth-order valence-electron chi connectivity index (χ4n) is 6.61. The molecule has 2 fully saturated rings. The van der Waals surface area contributed by atoms with Gasteiger partial charge in [-0.3, -0.25) is 24.5 Å². The summed E-state index contributed by atoms with van der Waals surface area (Å²) in [7, 11) is 4.13. The van der Waals surface area contributed by atoms with Crippen LogP contribution in [0.15, 0.2) is 41.6 Å². The second-order valence-electron chi connectivity index (χ2n) is 12.2. The molecule has 1 aromatic carbocycles. The Morgan fingerprint density at radius 1 is 1.26 bits per heavy atom. The van der Waals surface area contributed by atoms with Crippen LogP contribution < -0.4 is 16.0 Å². The number of nitrogens with two attached hydrogens (primary N) is 1. The molecule has 42 heavy (non-hydrogen) atoms. The van der Waals surface area contributed by atoms with Gasteiger partial charge in [0.05, 0.1) is 29.6 Å². The van der Waals surface area contributed by atoms with Crippen molar-refractivity contribution in [2.24, 2.45) is 22.7 Å². The molecule has 3 heterocycles. The van der Waals surface area contributed by atoms with Crippen LogP contribution in [0.1, 0.15) is 72.3 Å². The Bertz CT molecular complexity index is 1400. The number of fused-ring (bicyclic) bond motifs is 1. The number of rotatable bonds is 12. The van der Waals surface area contributed by atoms with Gasteiger partial charge in [0.1, 0.15) is 12.3 Å². The van der Waals surface area contributed by atoms with E-state index >= 15 is 0 Å². The molecule has 2 saturated carbocycles. The first-order chi connectivity index (χ1) is 20.3. The second kappa shape index (κ2) is 11.4. The number of nitrogens with one attached hydrogen (secondary N) is 1. The number of hydrogen-bond acceptors (Lipinski definition) is 9. The quantitative estimate of drug-likeness (QED) is 0.329. The van der Waals surface area contributed by atoms with Gasteiger partial charge in [0, 0.05) is 56.1 Å². The van der Waals surface area contributed by atoms with Crippen LogP contribution in [-0.4, -0.2) is 83.1 Å². The Morgan fingerprint density at radius 3 is 2.74 bits per heavy atom. The molecule has 0 bridgehead atoms. The van der Waals surface area contributed by atoms with E-state index in [4.69, 9.17) is 15.8 Å². The van der Waals surface area contributed by atoms with Crippen LogP contribution in [0, 0.1) is 11.8 Å². The zero-order valence-electron chi connectivity index (χ0n) is 24.1. The van der Waals surface area contributed by atoms with Crippen LogP contribution in [0.4, 0.5) is 11.4 Å². The van der Waals surface area contributed by atoms with E-state index in [1.807, 2.05) is 18.3 Å². The molecule has 11 nitrogen and oxygen atoms in total. The van der Waals surface area contributed by atoms with E-state index in [-0.39, 0.29) is 18.8 Å². The van der Waals surface area contributed by atoms with E-state index in [2.05, 4.69) is 35.4 Å². The van der Waals surface area contributed by atoms with Crippen molar-refractivity contribution in [3.8, 4) is 0 Å². The van der Waals surface area contributed by atoms with E-state index < -0.39 is 24.1 Å². The third kappa shape index (κ3) is 5.21. The molecule has 4 N–H and O–H groups in total. The Kier molecular flexibility index (Phi) is 7.61. The molecule has 2 aromatic rings. The summed E-state index contributed by atoms with van der Waals surface area (Å²) >= 11 is 0. The monoisotopic (exact) mass is 573 g/mol. The molecule has 4 aliphatic rings. The molecule has 3 atom stereocenters. The van der Waals surface area contributed by atoms with Crippen LogP contribution in [0.3, 0.4) is 0 Å². The van der Waals surface area contributed by atoms with Gasteiger partial charge < -0.3 is 25.9 Å². The van der Waals surface area contributed by atoms with Gasteiger partial charge in [-0.1, -0.05) is 0 Å². The van der Waals surface area contributed by atoms with E-state index in [1.54, 1.807) is 12.1 Å². The molecule has 0 radical (unpaired) electrons. The fourth-order valence-corrected chi connectivity index (χ4v) is 6.61. The standard InChI is InChI=1S/C31H39N7O4/c1-36(2)25-5-3-11-33-28(25)24-17-37(35-27(24)19-7-8-19)21-13-18(14-21)16-34-20-9-10-22-23(15-20)31(42)38(30(22)41)26(29(32)40)6-4-12-39/h3,5,9-12,15,18-19,21,24,26,31,34,42H,4,6-8,13-14,16-17H2,1-2H3,(H2,32,40)/t18-,21-,24?,26?,31?. The molecular formula is C31H39N7O4. The Hall–Kier alpha value is -3.99. The zero-order chi connectivity index (χ0) is 29.5. The van der Waals surface area contributed by atoms with E-state index in [9.17, 15) is 19.5 Å². The van der Waals surface area contributed by atoms with Crippen molar-refractivity contribution in [3.05, 3.63) is 53.3 Å². The smallest absolute Gasteiger partial charge is 0.257 e. The molecule has 1 aromatic heterocycles. The Labute approximate surface area is 245 Å². The molecule has 222 valence electrons. The summed E-state index contributed by atoms with van der Waals surface area (Å²) in [6.07, 6.45) is 5.92. The highest BCUT2D eigenvalue weighted by Crippen LogP contribution is 2.44. The number of aliphatic hydroxyl groups is 1. The molecule has 6 rings (SSSR count). The average Bonchev–Trinajstić information content (AvgIpc) is 3.66. The van der Waals surface area contributed by atoms with Gasteiger partial charge in [-0.2, -0.15) is 5.10 Å². The first-order valence-electron chi connectivity index (χ1n) is 14.9. The zero-order valence-corrected chi connectivity index (χ0v) is 24.1. The molecule has 11 heteroatoms. The van der Waals surface area contributed by atoms with Crippen molar-refractivity contribution in [1.82, 2.24) is 14.9 Å². The molecule has 2 aliphatic heterocycles. The number of primary amides is 1. The maximum Gasteiger partial charge on any atom is 0.257 e. The molecule has 0 saturated heterocycles. The number of benzene rings is 1. The maximum absolute atomic E-state index is 13.0. The number of amides is 2. The second-order valence-corrected chi connectivity index (χ2v) is 12.2. The number of anilines is 2. The number of aldehydes is 1. The van der Waals surface area contributed by atoms with Crippen molar-refractivity contribution < 1.29 is 19.5 Å². The number of carbonyl (C=O) groups is 3. The van der Waals surface area contributed by atoms with Gasteiger partial charge in [0.15, 0.2) is 6.23 Å². The highest BCUT2D eigenvalue weighted by molar-refractivity contribution is 6.02.